The molecule has 0 aromatic heterocycles. The molecule has 1 amide bonds. The summed E-state index contributed by atoms with van der Waals surface area (Å²) in [4.78, 5) is 11.9. The van der Waals surface area contributed by atoms with Crippen LogP contribution in [0.3, 0.4) is 0 Å². The third-order valence-electron chi connectivity index (χ3n) is 3.43. The molecule has 0 bridgehead atoms. The van der Waals surface area contributed by atoms with Crippen LogP contribution in [0, 0.1) is 12.7 Å². The normalized spacial score (nSPS) is 19.6. The molecule has 1 fully saturated rings. The number of carbonyl (C=O) groups excluding carboxylic acids is 1. The molecule has 5 heteroatoms. The number of rotatable bonds is 3. The molecule has 0 radical (unpaired) electrons. The van der Waals surface area contributed by atoms with E-state index in [9.17, 15) is 9.18 Å². The Morgan fingerprint density at radius 2 is 2.26 bits per heavy atom. The van der Waals surface area contributed by atoms with E-state index < -0.39 is 0 Å². The highest BCUT2D eigenvalue weighted by Gasteiger charge is 2.23. The molecule has 3 nitrogen and oxygen atoms in total. The summed E-state index contributed by atoms with van der Waals surface area (Å²) in [6, 6.07) is 4.81. The van der Waals surface area contributed by atoms with Crippen LogP contribution in [0.4, 0.5) is 4.39 Å². The summed E-state index contributed by atoms with van der Waals surface area (Å²) in [5.41, 5.74) is 1.42. The third kappa shape index (κ3) is 3.91. The molecule has 2 N–H and O–H groups in total. The van der Waals surface area contributed by atoms with Crippen LogP contribution >= 0.6 is 12.4 Å². The Bertz CT molecular complexity index is 447. The van der Waals surface area contributed by atoms with Gasteiger partial charge < -0.3 is 10.6 Å². The minimum Gasteiger partial charge on any atom is -0.348 e. The van der Waals surface area contributed by atoms with Gasteiger partial charge in [0, 0.05) is 0 Å². The molecule has 1 heterocycles. The average molecular weight is 287 g/mol. The molecule has 1 aromatic carbocycles. The lowest BCUT2D eigenvalue weighted by molar-refractivity contribution is -0.123. The zero-order valence-corrected chi connectivity index (χ0v) is 12.0. The Hall–Kier alpha value is -1.13. The third-order valence-corrected chi connectivity index (χ3v) is 3.43. The standard InChI is InChI=1S/C14H19FN2O.ClH/c1-9-5-6-11(8-12(9)15)10(2)17-14(18)13-4-3-7-16-13;/h5-6,8,10,13,16H,3-4,7H2,1-2H3,(H,17,18);1H. The number of hydrogen-bond donors (Lipinski definition) is 2. The summed E-state index contributed by atoms with van der Waals surface area (Å²) < 4.78 is 13.5. The van der Waals surface area contributed by atoms with Gasteiger partial charge in [-0.15, -0.1) is 12.4 Å². The van der Waals surface area contributed by atoms with Gasteiger partial charge in [0.15, 0.2) is 0 Å². The number of benzene rings is 1. The Labute approximate surface area is 119 Å². The second kappa shape index (κ2) is 6.87. The van der Waals surface area contributed by atoms with Crippen LogP contribution in [0.2, 0.25) is 0 Å². The summed E-state index contributed by atoms with van der Waals surface area (Å²) in [7, 11) is 0. The maximum absolute atomic E-state index is 13.5. The highest BCUT2D eigenvalue weighted by molar-refractivity contribution is 5.85. The molecular formula is C14H20ClFN2O. The van der Waals surface area contributed by atoms with Gasteiger partial charge in [-0.1, -0.05) is 12.1 Å². The van der Waals surface area contributed by atoms with E-state index in [2.05, 4.69) is 10.6 Å². The summed E-state index contributed by atoms with van der Waals surface area (Å²) in [5.74, 6) is -0.228. The van der Waals surface area contributed by atoms with Crippen LogP contribution in [0.25, 0.3) is 0 Å². The quantitative estimate of drug-likeness (QED) is 0.896. The van der Waals surface area contributed by atoms with Crippen molar-refractivity contribution >= 4 is 18.3 Å². The number of nitrogens with one attached hydrogen (secondary N) is 2. The lowest BCUT2D eigenvalue weighted by atomic mass is 10.1. The highest BCUT2D eigenvalue weighted by atomic mass is 35.5. The minimum absolute atomic E-state index is 0. The van der Waals surface area contributed by atoms with Crippen molar-refractivity contribution in [2.45, 2.75) is 38.8 Å². The van der Waals surface area contributed by atoms with E-state index in [1.54, 1.807) is 13.0 Å². The summed E-state index contributed by atoms with van der Waals surface area (Å²) in [6.07, 6.45) is 1.91. The molecule has 0 saturated carbocycles. The lowest BCUT2D eigenvalue weighted by Gasteiger charge is -2.18. The molecule has 1 aliphatic heterocycles. The highest BCUT2D eigenvalue weighted by Crippen LogP contribution is 2.17. The summed E-state index contributed by atoms with van der Waals surface area (Å²) in [6.45, 7) is 4.49. The Morgan fingerprint density at radius 3 is 2.84 bits per heavy atom. The van der Waals surface area contributed by atoms with Crippen molar-refractivity contribution < 1.29 is 9.18 Å². The van der Waals surface area contributed by atoms with Crippen LogP contribution in [-0.4, -0.2) is 18.5 Å². The van der Waals surface area contributed by atoms with Gasteiger partial charge in [-0.3, -0.25) is 4.79 Å². The molecule has 1 aromatic rings. The van der Waals surface area contributed by atoms with Crippen LogP contribution in [0.1, 0.15) is 36.9 Å². The van der Waals surface area contributed by atoms with Gasteiger partial charge in [0.1, 0.15) is 5.82 Å². The topological polar surface area (TPSA) is 41.1 Å². The van der Waals surface area contributed by atoms with Crippen LogP contribution in [0.5, 0.6) is 0 Å². The zero-order valence-electron chi connectivity index (χ0n) is 11.2. The molecule has 106 valence electrons. The van der Waals surface area contributed by atoms with Crippen LogP contribution < -0.4 is 10.6 Å². The second-order valence-electron chi connectivity index (χ2n) is 4.89. The molecule has 2 unspecified atom stereocenters. The zero-order chi connectivity index (χ0) is 13.1. The van der Waals surface area contributed by atoms with Crippen molar-refractivity contribution in [3.8, 4) is 0 Å². The van der Waals surface area contributed by atoms with E-state index >= 15 is 0 Å². The number of hydrogen-bond acceptors (Lipinski definition) is 2. The molecule has 0 spiro atoms. The molecule has 2 atom stereocenters. The van der Waals surface area contributed by atoms with Crippen molar-refractivity contribution in [1.82, 2.24) is 10.6 Å². The SMILES string of the molecule is Cc1ccc(C(C)NC(=O)C2CCCN2)cc1F.Cl. The van der Waals surface area contributed by atoms with Crippen molar-refractivity contribution in [3.05, 3.63) is 35.1 Å². The van der Waals surface area contributed by atoms with Gasteiger partial charge in [-0.05, 0) is 50.4 Å². The van der Waals surface area contributed by atoms with E-state index in [1.807, 2.05) is 13.0 Å². The predicted molar refractivity (Wildman–Crippen MR) is 76.0 cm³/mol. The van der Waals surface area contributed by atoms with E-state index in [1.165, 1.54) is 6.07 Å². The number of amides is 1. The van der Waals surface area contributed by atoms with E-state index in [0.717, 1.165) is 24.9 Å². The van der Waals surface area contributed by atoms with Crippen molar-refractivity contribution in [1.29, 1.82) is 0 Å². The van der Waals surface area contributed by atoms with Gasteiger partial charge in [-0.2, -0.15) is 0 Å². The monoisotopic (exact) mass is 286 g/mol. The second-order valence-corrected chi connectivity index (χ2v) is 4.89. The maximum atomic E-state index is 13.5. The molecule has 19 heavy (non-hydrogen) atoms. The van der Waals surface area contributed by atoms with Crippen molar-refractivity contribution in [2.75, 3.05) is 6.54 Å². The fourth-order valence-corrected chi connectivity index (χ4v) is 2.18. The van der Waals surface area contributed by atoms with Crippen LogP contribution in [-0.2, 0) is 4.79 Å². The fraction of sp³-hybridized carbons (Fsp3) is 0.500. The molecule has 1 saturated heterocycles. The number of aryl methyl sites for hydroxylation is 1. The van der Waals surface area contributed by atoms with Gasteiger partial charge in [0.05, 0.1) is 12.1 Å². The van der Waals surface area contributed by atoms with Gasteiger partial charge in [0.2, 0.25) is 5.91 Å². The molecule has 2 rings (SSSR count). The van der Waals surface area contributed by atoms with E-state index in [-0.39, 0.29) is 36.2 Å². The summed E-state index contributed by atoms with van der Waals surface area (Å²) >= 11 is 0. The first kappa shape index (κ1) is 15.9. The fourth-order valence-electron chi connectivity index (χ4n) is 2.18. The largest absolute Gasteiger partial charge is 0.348 e. The summed E-state index contributed by atoms with van der Waals surface area (Å²) in [5, 5.41) is 6.06. The van der Waals surface area contributed by atoms with Gasteiger partial charge >= 0.3 is 0 Å². The first-order valence-electron chi connectivity index (χ1n) is 6.37. The first-order chi connectivity index (χ1) is 8.58. The smallest absolute Gasteiger partial charge is 0.237 e. The Morgan fingerprint density at radius 1 is 1.53 bits per heavy atom. The number of halogens is 2. The predicted octanol–water partition coefficient (Wildman–Crippen LogP) is 2.49. The first-order valence-corrected chi connectivity index (χ1v) is 6.37. The minimum atomic E-state index is -0.229. The molecule has 0 aliphatic carbocycles. The van der Waals surface area contributed by atoms with Crippen LogP contribution in [0.15, 0.2) is 18.2 Å². The van der Waals surface area contributed by atoms with Gasteiger partial charge in [0.25, 0.3) is 0 Å². The van der Waals surface area contributed by atoms with E-state index in [4.69, 9.17) is 0 Å². The Kier molecular flexibility index (Phi) is 5.76. The average Bonchev–Trinajstić information content (AvgIpc) is 2.86. The van der Waals surface area contributed by atoms with E-state index in [0.29, 0.717) is 5.56 Å². The Balaban J connectivity index is 0.00000180. The molecular weight excluding hydrogens is 267 g/mol. The van der Waals surface area contributed by atoms with Crippen molar-refractivity contribution in [3.63, 3.8) is 0 Å². The lowest BCUT2D eigenvalue weighted by Crippen LogP contribution is -2.41. The molecule has 1 aliphatic rings. The van der Waals surface area contributed by atoms with Gasteiger partial charge in [-0.25, -0.2) is 4.39 Å². The van der Waals surface area contributed by atoms with Crippen molar-refractivity contribution in [2.24, 2.45) is 0 Å². The maximum Gasteiger partial charge on any atom is 0.237 e. The number of carbonyl (C=O) groups is 1.